The standard InChI is InChI=1S/C21H29N3O6/c1-21(10-5-13-26,30-15-17-6-8-19(28-2)9-7-17)20(27)29-16-18-14-24(23-22-18)11-3-4-12-25/h5-10,14,25-26H,3-4,11-13,15-16H2,1-2H3/b10-5+. The van der Waals surface area contributed by atoms with Crippen molar-refractivity contribution in [3.63, 3.8) is 0 Å². The van der Waals surface area contributed by atoms with E-state index < -0.39 is 11.6 Å². The minimum atomic E-state index is -1.38. The van der Waals surface area contributed by atoms with Crippen LogP contribution in [0.3, 0.4) is 0 Å². The van der Waals surface area contributed by atoms with E-state index in [0.717, 1.165) is 17.7 Å². The number of rotatable bonds is 13. The molecule has 0 aliphatic heterocycles. The van der Waals surface area contributed by atoms with E-state index in [1.54, 1.807) is 24.9 Å². The van der Waals surface area contributed by atoms with Crippen LogP contribution in [-0.2, 0) is 34.0 Å². The number of carbonyl (C=O) groups excluding carboxylic acids is 1. The van der Waals surface area contributed by atoms with Crippen molar-refractivity contribution < 1.29 is 29.2 Å². The van der Waals surface area contributed by atoms with Gasteiger partial charge in [-0.2, -0.15) is 0 Å². The van der Waals surface area contributed by atoms with Gasteiger partial charge in [0.25, 0.3) is 0 Å². The second-order valence-corrected chi connectivity index (χ2v) is 6.81. The van der Waals surface area contributed by atoms with Crippen LogP contribution in [0.5, 0.6) is 5.75 Å². The zero-order valence-electron chi connectivity index (χ0n) is 17.4. The molecule has 0 spiro atoms. The number of esters is 1. The lowest BCUT2D eigenvalue weighted by Gasteiger charge is -2.24. The first-order valence-electron chi connectivity index (χ1n) is 9.73. The first kappa shape index (κ1) is 23.5. The fraction of sp³-hybridized carbons (Fsp3) is 0.476. The maximum atomic E-state index is 12.7. The van der Waals surface area contributed by atoms with Crippen LogP contribution in [0.15, 0.2) is 42.6 Å². The molecule has 0 bridgehead atoms. The largest absolute Gasteiger partial charge is 0.497 e. The Morgan fingerprint density at radius 3 is 2.63 bits per heavy atom. The van der Waals surface area contributed by atoms with Gasteiger partial charge in [-0.05, 0) is 43.5 Å². The smallest absolute Gasteiger partial charge is 0.342 e. The number of methoxy groups -OCH3 is 1. The van der Waals surface area contributed by atoms with Crippen LogP contribution < -0.4 is 4.74 Å². The van der Waals surface area contributed by atoms with Crippen LogP contribution in [0, 0.1) is 0 Å². The molecule has 0 aliphatic rings. The molecular formula is C21H29N3O6. The molecule has 1 heterocycles. The number of aromatic nitrogens is 3. The van der Waals surface area contributed by atoms with Crippen LogP contribution >= 0.6 is 0 Å². The molecule has 0 amide bonds. The number of aliphatic hydroxyl groups excluding tert-OH is 2. The maximum Gasteiger partial charge on any atom is 0.342 e. The number of aryl methyl sites for hydroxylation is 1. The highest BCUT2D eigenvalue weighted by atomic mass is 16.6. The van der Waals surface area contributed by atoms with Crippen molar-refractivity contribution in [2.24, 2.45) is 0 Å². The topological polar surface area (TPSA) is 116 Å². The molecule has 9 heteroatoms. The van der Waals surface area contributed by atoms with Gasteiger partial charge in [-0.15, -0.1) is 5.10 Å². The first-order chi connectivity index (χ1) is 14.5. The Bertz CT molecular complexity index is 805. The number of nitrogens with zero attached hydrogens (tertiary/aromatic N) is 3. The molecule has 2 N–H and O–H groups in total. The molecule has 0 aliphatic carbocycles. The molecule has 1 aromatic heterocycles. The van der Waals surface area contributed by atoms with Gasteiger partial charge in [-0.3, -0.25) is 4.68 Å². The number of unbranched alkanes of at least 4 members (excludes halogenated alkanes) is 1. The number of ether oxygens (including phenoxy) is 3. The van der Waals surface area contributed by atoms with Crippen molar-refractivity contribution in [3.05, 3.63) is 53.9 Å². The molecule has 1 aromatic carbocycles. The highest BCUT2D eigenvalue weighted by Gasteiger charge is 2.33. The highest BCUT2D eigenvalue weighted by Crippen LogP contribution is 2.20. The number of carbonyl (C=O) groups is 1. The van der Waals surface area contributed by atoms with E-state index in [-0.39, 0.29) is 26.4 Å². The van der Waals surface area contributed by atoms with Gasteiger partial charge < -0.3 is 24.4 Å². The van der Waals surface area contributed by atoms with Crippen molar-refractivity contribution in [3.8, 4) is 5.75 Å². The molecule has 164 valence electrons. The lowest BCUT2D eigenvalue weighted by Crippen LogP contribution is -2.38. The zero-order chi connectivity index (χ0) is 21.8. The molecule has 0 fully saturated rings. The van der Waals surface area contributed by atoms with Gasteiger partial charge in [0.2, 0.25) is 0 Å². The van der Waals surface area contributed by atoms with E-state index in [4.69, 9.17) is 24.4 Å². The quantitative estimate of drug-likeness (QED) is 0.286. The molecule has 0 saturated heterocycles. The average Bonchev–Trinajstić information content (AvgIpc) is 3.23. The predicted octanol–water partition coefficient (Wildman–Crippen LogP) is 1.63. The molecule has 30 heavy (non-hydrogen) atoms. The fourth-order valence-electron chi connectivity index (χ4n) is 2.59. The number of aliphatic hydroxyl groups is 2. The third kappa shape index (κ3) is 7.25. The lowest BCUT2D eigenvalue weighted by atomic mass is 10.1. The number of benzene rings is 1. The van der Waals surface area contributed by atoms with Gasteiger partial charge in [0, 0.05) is 13.2 Å². The number of hydrogen-bond acceptors (Lipinski definition) is 8. The second kappa shape index (κ2) is 12.1. The van der Waals surface area contributed by atoms with E-state index >= 15 is 0 Å². The summed E-state index contributed by atoms with van der Waals surface area (Å²) in [5.74, 6) is 0.126. The van der Waals surface area contributed by atoms with Crippen molar-refractivity contribution in [1.29, 1.82) is 0 Å². The molecular weight excluding hydrogens is 390 g/mol. The third-order valence-corrected chi connectivity index (χ3v) is 4.38. The van der Waals surface area contributed by atoms with Crippen molar-refractivity contribution in [1.82, 2.24) is 15.0 Å². The van der Waals surface area contributed by atoms with E-state index in [1.807, 2.05) is 24.3 Å². The van der Waals surface area contributed by atoms with E-state index in [2.05, 4.69) is 10.3 Å². The summed E-state index contributed by atoms with van der Waals surface area (Å²) in [5.41, 5.74) is -0.00574. The summed E-state index contributed by atoms with van der Waals surface area (Å²) < 4.78 is 18.0. The summed E-state index contributed by atoms with van der Waals surface area (Å²) in [4.78, 5) is 12.7. The predicted molar refractivity (Wildman–Crippen MR) is 109 cm³/mol. The van der Waals surface area contributed by atoms with Crippen molar-refractivity contribution in [2.45, 2.75) is 45.1 Å². The molecule has 2 rings (SSSR count). The Morgan fingerprint density at radius 1 is 1.20 bits per heavy atom. The van der Waals surface area contributed by atoms with Crippen molar-refractivity contribution in [2.75, 3.05) is 20.3 Å². The van der Waals surface area contributed by atoms with Gasteiger partial charge in [0.05, 0.1) is 26.5 Å². The van der Waals surface area contributed by atoms with Gasteiger partial charge in [0.1, 0.15) is 18.1 Å². The van der Waals surface area contributed by atoms with E-state index in [1.165, 1.54) is 12.2 Å². The number of hydrogen-bond donors (Lipinski definition) is 2. The summed E-state index contributed by atoms with van der Waals surface area (Å²) in [6, 6.07) is 7.30. The second-order valence-electron chi connectivity index (χ2n) is 6.81. The Balaban J connectivity index is 1.95. The van der Waals surface area contributed by atoms with E-state index in [9.17, 15) is 4.79 Å². The van der Waals surface area contributed by atoms with Gasteiger partial charge in [0.15, 0.2) is 5.60 Å². The molecule has 1 atom stereocenters. The maximum absolute atomic E-state index is 12.7. The Labute approximate surface area is 175 Å². The summed E-state index contributed by atoms with van der Waals surface area (Å²) in [6.07, 6.45) is 6.08. The van der Waals surface area contributed by atoms with Crippen LogP contribution in [0.25, 0.3) is 0 Å². The summed E-state index contributed by atoms with van der Waals surface area (Å²) in [7, 11) is 1.59. The summed E-state index contributed by atoms with van der Waals surface area (Å²) in [5, 5.41) is 25.9. The third-order valence-electron chi connectivity index (χ3n) is 4.38. The molecule has 0 radical (unpaired) electrons. The molecule has 1 unspecified atom stereocenters. The lowest BCUT2D eigenvalue weighted by molar-refractivity contribution is -0.167. The Hall–Kier alpha value is -2.75. The van der Waals surface area contributed by atoms with Gasteiger partial charge in [-0.25, -0.2) is 4.79 Å². The normalized spacial score (nSPS) is 13.3. The van der Waals surface area contributed by atoms with Crippen LogP contribution in [0.4, 0.5) is 0 Å². The van der Waals surface area contributed by atoms with Gasteiger partial charge >= 0.3 is 5.97 Å². The Morgan fingerprint density at radius 2 is 1.97 bits per heavy atom. The first-order valence-corrected chi connectivity index (χ1v) is 9.73. The molecule has 9 nitrogen and oxygen atoms in total. The minimum absolute atomic E-state index is 0.0483. The fourth-order valence-corrected chi connectivity index (χ4v) is 2.59. The molecule has 2 aromatic rings. The highest BCUT2D eigenvalue weighted by molar-refractivity contribution is 5.81. The average molecular weight is 419 g/mol. The van der Waals surface area contributed by atoms with Crippen molar-refractivity contribution >= 4 is 5.97 Å². The van der Waals surface area contributed by atoms with Crippen LogP contribution in [-0.4, -0.2) is 57.1 Å². The van der Waals surface area contributed by atoms with Crippen LogP contribution in [0.2, 0.25) is 0 Å². The summed E-state index contributed by atoms with van der Waals surface area (Å²) >= 11 is 0. The van der Waals surface area contributed by atoms with E-state index in [0.29, 0.717) is 18.7 Å². The SMILES string of the molecule is COc1ccc(COC(C)(/C=C/CO)C(=O)OCc2cn(CCCCO)nn2)cc1. The summed E-state index contributed by atoms with van der Waals surface area (Å²) in [6.45, 7) is 2.24. The molecule has 0 saturated carbocycles. The monoisotopic (exact) mass is 419 g/mol. The van der Waals surface area contributed by atoms with Crippen LogP contribution in [0.1, 0.15) is 31.0 Å². The van der Waals surface area contributed by atoms with Gasteiger partial charge in [-0.1, -0.05) is 23.4 Å². The minimum Gasteiger partial charge on any atom is -0.497 e. The zero-order valence-corrected chi connectivity index (χ0v) is 17.4. The Kier molecular flexibility index (Phi) is 9.46.